The van der Waals surface area contributed by atoms with Gasteiger partial charge < -0.3 is 14.4 Å². The first-order valence-corrected chi connectivity index (χ1v) is 11.6. The van der Waals surface area contributed by atoms with Gasteiger partial charge in [0.15, 0.2) is 0 Å². The second-order valence-corrected chi connectivity index (χ2v) is 9.13. The number of likely N-dealkylation sites (N-methyl/N-ethyl adjacent to an activating group) is 1. The average Bonchev–Trinajstić information content (AvgIpc) is 2.80. The molecule has 2 aliphatic rings. The molecule has 0 N–H and O–H groups in total. The molecule has 0 bridgehead atoms. The van der Waals surface area contributed by atoms with Gasteiger partial charge in [0.1, 0.15) is 12.0 Å². The molecule has 0 spiro atoms. The number of benzene rings is 2. The summed E-state index contributed by atoms with van der Waals surface area (Å²) < 4.78 is 5.85. The van der Waals surface area contributed by atoms with Gasteiger partial charge in [-0.1, -0.05) is 24.3 Å². The van der Waals surface area contributed by atoms with Crippen LogP contribution in [0.1, 0.15) is 40.1 Å². The molecule has 2 aliphatic heterocycles. The van der Waals surface area contributed by atoms with E-state index in [2.05, 4.69) is 55.3 Å². The van der Waals surface area contributed by atoms with Crippen LogP contribution in [0.15, 0.2) is 36.4 Å². The molecule has 0 saturated carbocycles. The predicted octanol–water partition coefficient (Wildman–Crippen LogP) is 5.09. The van der Waals surface area contributed by atoms with Crippen molar-refractivity contribution < 1.29 is 9.53 Å². The summed E-state index contributed by atoms with van der Waals surface area (Å²) in [7, 11) is 2.18. The van der Waals surface area contributed by atoms with Crippen LogP contribution < -0.4 is 4.74 Å². The fraction of sp³-hybridized carbons (Fsp3) is 0.357. The fourth-order valence-electron chi connectivity index (χ4n) is 5.26. The molecule has 3 aromatic rings. The van der Waals surface area contributed by atoms with E-state index in [-0.39, 0.29) is 0 Å². The number of hydrogen-bond donors (Lipinski definition) is 0. The topological polar surface area (TPSA) is 42.4 Å². The van der Waals surface area contributed by atoms with Crippen molar-refractivity contribution in [1.29, 1.82) is 0 Å². The zero-order chi connectivity index (χ0) is 22.2. The summed E-state index contributed by atoms with van der Waals surface area (Å²) in [5.41, 5.74) is 11.7. The lowest BCUT2D eigenvalue weighted by Crippen LogP contribution is -2.26. The number of carbonyl (C=O) groups excluding carboxylic acids is 1. The van der Waals surface area contributed by atoms with E-state index in [0.29, 0.717) is 6.42 Å². The van der Waals surface area contributed by atoms with Gasteiger partial charge in [-0.15, -0.1) is 0 Å². The molecule has 0 atom stereocenters. The summed E-state index contributed by atoms with van der Waals surface area (Å²) in [6.45, 7) is 6.96. The van der Waals surface area contributed by atoms with Crippen molar-refractivity contribution >= 4 is 6.29 Å². The Morgan fingerprint density at radius 2 is 1.75 bits per heavy atom. The molecular formula is C28H30N2O2. The lowest BCUT2D eigenvalue weighted by molar-refractivity contribution is -0.107. The minimum absolute atomic E-state index is 0.366. The molecule has 4 heteroatoms. The molecule has 32 heavy (non-hydrogen) atoms. The lowest BCUT2D eigenvalue weighted by Gasteiger charge is -2.26. The van der Waals surface area contributed by atoms with E-state index in [1.807, 2.05) is 6.92 Å². The molecule has 2 aromatic carbocycles. The van der Waals surface area contributed by atoms with Gasteiger partial charge in [-0.05, 0) is 91.2 Å². The number of ether oxygens (including phenoxy) is 1. The van der Waals surface area contributed by atoms with Crippen LogP contribution in [0, 0.1) is 13.8 Å². The van der Waals surface area contributed by atoms with Crippen LogP contribution in [0.4, 0.5) is 0 Å². The molecular weight excluding hydrogens is 396 g/mol. The zero-order valence-electron chi connectivity index (χ0n) is 19.2. The molecule has 3 heterocycles. The maximum atomic E-state index is 11.6. The Hall–Kier alpha value is -2.98. The smallest absolute Gasteiger partial charge is 0.124 e. The third-order valence-electron chi connectivity index (χ3n) is 6.87. The molecule has 0 saturated heterocycles. The minimum Gasteiger partial charge on any atom is -0.493 e. The van der Waals surface area contributed by atoms with Gasteiger partial charge in [-0.2, -0.15) is 0 Å². The van der Waals surface area contributed by atoms with Crippen molar-refractivity contribution in [2.75, 3.05) is 20.2 Å². The monoisotopic (exact) mass is 426 g/mol. The van der Waals surface area contributed by atoms with E-state index < -0.39 is 0 Å². The van der Waals surface area contributed by atoms with Crippen molar-refractivity contribution in [3.63, 3.8) is 0 Å². The number of pyridine rings is 1. The van der Waals surface area contributed by atoms with Gasteiger partial charge in [0.25, 0.3) is 0 Å². The fourth-order valence-corrected chi connectivity index (χ4v) is 5.26. The van der Waals surface area contributed by atoms with E-state index in [1.165, 1.54) is 22.3 Å². The Balaban J connectivity index is 1.73. The van der Waals surface area contributed by atoms with E-state index in [4.69, 9.17) is 9.72 Å². The van der Waals surface area contributed by atoms with Crippen molar-refractivity contribution in [2.24, 2.45) is 0 Å². The largest absolute Gasteiger partial charge is 0.493 e. The van der Waals surface area contributed by atoms with Crippen molar-refractivity contribution in [3.8, 4) is 28.0 Å². The number of rotatable bonds is 4. The third-order valence-corrected chi connectivity index (χ3v) is 6.87. The number of nitrogens with zero attached hydrogens (tertiary/aromatic N) is 2. The standard InChI is InChI=1S/C28H30N2O2/c1-18-25(11-13-31)28(23-8-9-26-21(16-23)5-4-14-32-26)27(19(2)29-18)22-6-7-24-17-30(3)12-10-20(24)15-22/h6-9,13,15-16H,4-5,10-12,14,17H2,1-3H3. The summed E-state index contributed by atoms with van der Waals surface area (Å²) in [6, 6.07) is 13.3. The number of aryl methyl sites for hydroxylation is 3. The molecule has 0 amide bonds. The van der Waals surface area contributed by atoms with Gasteiger partial charge in [0, 0.05) is 36.5 Å². The van der Waals surface area contributed by atoms with E-state index >= 15 is 0 Å². The van der Waals surface area contributed by atoms with E-state index in [1.54, 1.807) is 0 Å². The number of aromatic nitrogens is 1. The van der Waals surface area contributed by atoms with Gasteiger partial charge in [-0.3, -0.25) is 4.98 Å². The molecule has 0 fully saturated rings. The Morgan fingerprint density at radius 1 is 0.969 bits per heavy atom. The van der Waals surface area contributed by atoms with Crippen molar-refractivity contribution in [2.45, 2.75) is 46.1 Å². The first kappa shape index (κ1) is 20.9. The number of fused-ring (bicyclic) bond motifs is 2. The zero-order valence-corrected chi connectivity index (χ0v) is 19.2. The third kappa shape index (κ3) is 3.73. The summed E-state index contributed by atoms with van der Waals surface area (Å²) in [5.74, 6) is 0.985. The second kappa shape index (κ2) is 8.51. The highest BCUT2D eigenvalue weighted by Gasteiger charge is 2.22. The summed E-state index contributed by atoms with van der Waals surface area (Å²) in [6.07, 6.45) is 4.49. The first-order valence-electron chi connectivity index (χ1n) is 11.6. The second-order valence-electron chi connectivity index (χ2n) is 9.13. The van der Waals surface area contributed by atoms with Gasteiger partial charge in [0.05, 0.1) is 6.61 Å². The van der Waals surface area contributed by atoms with Gasteiger partial charge in [0.2, 0.25) is 0 Å². The molecule has 0 radical (unpaired) electrons. The van der Waals surface area contributed by atoms with Gasteiger partial charge >= 0.3 is 0 Å². The van der Waals surface area contributed by atoms with Crippen LogP contribution in [0.25, 0.3) is 22.3 Å². The highest BCUT2D eigenvalue weighted by Crippen LogP contribution is 2.41. The summed E-state index contributed by atoms with van der Waals surface area (Å²) in [4.78, 5) is 18.9. The molecule has 1 aromatic heterocycles. The number of hydrogen-bond acceptors (Lipinski definition) is 4. The van der Waals surface area contributed by atoms with E-state index in [0.717, 1.165) is 84.6 Å². The SMILES string of the molecule is Cc1nc(C)c(-c2ccc3c(c2)CCN(C)C3)c(-c2ccc3c(c2)CCCO3)c1CC=O. The minimum atomic E-state index is 0.366. The first-order chi connectivity index (χ1) is 15.5. The van der Waals surface area contributed by atoms with Crippen LogP contribution >= 0.6 is 0 Å². The number of carbonyl (C=O) groups is 1. The lowest BCUT2D eigenvalue weighted by atomic mass is 9.85. The molecule has 0 unspecified atom stereocenters. The highest BCUT2D eigenvalue weighted by molar-refractivity contribution is 5.89. The quantitative estimate of drug-likeness (QED) is 0.545. The molecule has 164 valence electrons. The van der Waals surface area contributed by atoms with Crippen molar-refractivity contribution in [1.82, 2.24) is 9.88 Å². The Kier molecular flexibility index (Phi) is 5.56. The molecule has 4 nitrogen and oxygen atoms in total. The highest BCUT2D eigenvalue weighted by atomic mass is 16.5. The normalized spacial score (nSPS) is 15.6. The van der Waals surface area contributed by atoms with Crippen molar-refractivity contribution in [3.05, 3.63) is 70.0 Å². The Bertz CT molecular complexity index is 1200. The molecule has 0 aliphatic carbocycles. The van der Waals surface area contributed by atoms with Crippen LogP contribution in [-0.4, -0.2) is 36.4 Å². The predicted molar refractivity (Wildman–Crippen MR) is 128 cm³/mol. The van der Waals surface area contributed by atoms with Crippen LogP contribution in [0.3, 0.4) is 0 Å². The van der Waals surface area contributed by atoms with Crippen LogP contribution in [0.2, 0.25) is 0 Å². The summed E-state index contributed by atoms with van der Waals surface area (Å²) in [5, 5.41) is 0. The Labute approximate surface area is 190 Å². The summed E-state index contributed by atoms with van der Waals surface area (Å²) >= 11 is 0. The van der Waals surface area contributed by atoms with Gasteiger partial charge in [-0.25, -0.2) is 0 Å². The van der Waals surface area contributed by atoms with Crippen LogP contribution in [-0.2, 0) is 30.6 Å². The van der Waals surface area contributed by atoms with E-state index in [9.17, 15) is 4.79 Å². The maximum absolute atomic E-state index is 11.6. The average molecular weight is 427 g/mol. The maximum Gasteiger partial charge on any atom is 0.124 e. The number of aldehydes is 1. The Morgan fingerprint density at radius 3 is 2.59 bits per heavy atom. The van der Waals surface area contributed by atoms with Crippen LogP contribution in [0.5, 0.6) is 5.75 Å². The molecule has 5 rings (SSSR count).